The second kappa shape index (κ2) is 5.64. The Morgan fingerprint density at radius 1 is 1.26 bits per heavy atom. The summed E-state index contributed by atoms with van der Waals surface area (Å²) in [5, 5.41) is 0.140. The van der Waals surface area contributed by atoms with Gasteiger partial charge in [0.2, 0.25) is 0 Å². The molecule has 0 spiro atoms. The van der Waals surface area contributed by atoms with Crippen LogP contribution >= 0.6 is 34.2 Å². The SMILES string of the molecule is Cc1ccc(NS(=O)(=O)c2ccnc(Cl)c2)cc1I. The zero-order chi connectivity index (χ0) is 14.0. The van der Waals surface area contributed by atoms with Crippen LogP contribution in [0.4, 0.5) is 5.69 Å². The van der Waals surface area contributed by atoms with Gasteiger partial charge in [0.15, 0.2) is 0 Å². The topological polar surface area (TPSA) is 59.1 Å². The van der Waals surface area contributed by atoms with E-state index in [2.05, 4.69) is 32.3 Å². The minimum absolute atomic E-state index is 0.0862. The molecule has 0 radical (unpaired) electrons. The number of pyridine rings is 1. The molecular formula is C12H10ClIN2O2S. The predicted octanol–water partition coefficient (Wildman–Crippen LogP) is 3.45. The number of rotatable bonds is 3. The lowest BCUT2D eigenvalue weighted by atomic mass is 10.2. The highest BCUT2D eigenvalue weighted by Crippen LogP contribution is 2.21. The number of nitrogens with zero attached hydrogens (tertiary/aromatic N) is 1. The van der Waals surface area contributed by atoms with Gasteiger partial charge >= 0.3 is 0 Å². The molecule has 0 saturated carbocycles. The molecule has 0 fully saturated rings. The number of sulfonamides is 1. The summed E-state index contributed by atoms with van der Waals surface area (Å²) in [7, 11) is -3.64. The van der Waals surface area contributed by atoms with Gasteiger partial charge in [0.1, 0.15) is 5.15 Å². The van der Waals surface area contributed by atoms with E-state index in [0.717, 1.165) is 9.13 Å². The number of aryl methyl sites for hydroxylation is 1. The van der Waals surface area contributed by atoms with Crippen molar-refractivity contribution in [3.63, 3.8) is 0 Å². The highest BCUT2D eigenvalue weighted by molar-refractivity contribution is 14.1. The molecule has 0 atom stereocenters. The molecule has 0 saturated heterocycles. The molecule has 1 aromatic carbocycles. The summed E-state index contributed by atoms with van der Waals surface area (Å²) in [6.45, 7) is 1.96. The summed E-state index contributed by atoms with van der Waals surface area (Å²) in [4.78, 5) is 3.84. The third-order valence-corrected chi connectivity index (χ3v) is 5.18. The molecule has 0 aliphatic carbocycles. The zero-order valence-corrected chi connectivity index (χ0v) is 13.6. The van der Waals surface area contributed by atoms with Crippen molar-refractivity contribution in [3.05, 3.63) is 50.8 Å². The van der Waals surface area contributed by atoms with E-state index in [0.29, 0.717) is 5.69 Å². The summed E-state index contributed by atoms with van der Waals surface area (Å²) < 4.78 is 27.8. The van der Waals surface area contributed by atoms with Crippen molar-refractivity contribution in [3.8, 4) is 0 Å². The summed E-state index contributed by atoms with van der Waals surface area (Å²) in [6, 6.07) is 8.06. The van der Waals surface area contributed by atoms with Crippen LogP contribution in [0.5, 0.6) is 0 Å². The Kier molecular flexibility index (Phi) is 4.32. The number of aromatic nitrogens is 1. The van der Waals surface area contributed by atoms with Crippen molar-refractivity contribution in [2.75, 3.05) is 4.72 Å². The van der Waals surface area contributed by atoms with Crippen molar-refractivity contribution < 1.29 is 8.42 Å². The van der Waals surface area contributed by atoms with Gasteiger partial charge in [-0.3, -0.25) is 4.72 Å². The number of hydrogen-bond donors (Lipinski definition) is 1. The lowest BCUT2D eigenvalue weighted by molar-refractivity contribution is 0.601. The van der Waals surface area contributed by atoms with Gasteiger partial charge in [-0.1, -0.05) is 17.7 Å². The van der Waals surface area contributed by atoms with Gasteiger partial charge < -0.3 is 0 Å². The molecular weight excluding hydrogens is 399 g/mol. The fourth-order valence-corrected chi connectivity index (χ4v) is 3.24. The monoisotopic (exact) mass is 408 g/mol. The molecule has 0 bridgehead atoms. The normalized spacial score (nSPS) is 11.3. The molecule has 1 heterocycles. The third kappa shape index (κ3) is 3.58. The van der Waals surface area contributed by atoms with Crippen molar-refractivity contribution in [2.45, 2.75) is 11.8 Å². The highest BCUT2D eigenvalue weighted by Gasteiger charge is 2.15. The average Bonchev–Trinajstić information content (AvgIpc) is 2.33. The Bertz CT molecular complexity index is 719. The van der Waals surface area contributed by atoms with Crippen LogP contribution in [0.1, 0.15) is 5.56 Å². The first-order valence-electron chi connectivity index (χ1n) is 5.29. The van der Waals surface area contributed by atoms with Crippen molar-refractivity contribution >= 4 is 49.9 Å². The third-order valence-electron chi connectivity index (χ3n) is 2.43. The van der Waals surface area contributed by atoms with Crippen LogP contribution in [0.2, 0.25) is 5.15 Å². The first-order chi connectivity index (χ1) is 8.88. The highest BCUT2D eigenvalue weighted by atomic mass is 127. The van der Waals surface area contributed by atoms with Crippen LogP contribution in [0, 0.1) is 10.5 Å². The predicted molar refractivity (Wildman–Crippen MR) is 84.0 cm³/mol. The quantitative estimate of drug-likeness (QED) is 0.625. The first-order valence-corrected chi connectivity index (χ1v) is 8.23. The fraction of sp³-hybridized carbons (Fsp3) is 0.0833. The molecule has 0 unspecified atom stereocenters. The minimum atomic E-state index is -3.64. The molecule has 1 aromatic heterocycles. The van der Waals surface area contributed by atoms with Crippen LogP contribution in [0.3, 0.4) is 0 Å². The Labute approximate surface area is 130 Å². The zero-order valence-electron chi connectivity index (χ0n) is 9.89. The van der Waals surface area contributed by atoms with Crippen molar-refractivity contribution in [2.24, 2.45) is 0 Å². The molecule has 2 aromatic rings. The first kappa shape index (κ1) is 14.5. The second-order valence-corrected chi connectivity index (χ2v) is 7.12. The second-order valence-electron chi connectivity index (χ2n) is 3.88. The fourth-order valence-electron chi connectivity index (χ4n) is 1.42. The van der Waals surface area contributed by atoms with Gasteiger partial charge in [0, 0.05) is 15.5 Å². The smallest absolute Gasteiger partial charge is 0.262 e. The number of halogens is 2. The van der Waals surface area contributed by atoms with E-state index in [1.54, 1.807) is 12.1 Å². The maximum atomic E-state index is 12.2. The van der Waals surface area contributed by atoms with E-state index in [1.807, 2.05) is 13.0 Å². The van der Waals surface area contributed by atoms with E-state index in [1.165, 1.54) is 18.3 Å². The van der Waals surface area contributed by atoms with Crippen molar-refractivity contribution in [1.82, 2.24) is 4.98 Å². The minimum Gasteiger partial charge on any atom is -0.280 e. The largest absolute Gasteiger partial charge is 0.280 e. The number of nitrogens with one attached hydrogen (secondary N) is 1. The van der Waals surface area contributed by atoms with Crippen LogP contribution in [-0.4, -0.2) is 13.4 Å². The molecule has 0 amide bonds. The number of hydrogen-bond acceptors (Lipinski definition) is 3. The number of benzene rings is 1. The molecule has 0 aliphatic rings. The lowest BCUT2D eigenvalue weighted by Crippen LogP contribution is -2.13. The molecule has 4 nitrogen and oxygen atoms in total. The summed E-state index contributed by atoms with van der Waals surface area (Å²) in [5.74, 6) is 0. The van der Waals surface area contributed by atoms with Crippen LogP contribution in [-0.2, 0) is 10.0 Å². The lowest BCUT2D eigenvalue weighted by Gasteiger charge is -2.09. The van der Waals surface area contributed by atoms with Crippen LogP contribution in [0.25, 0.3) is 0 Å². The van der Waals surface area contributed by atoms with Crippen LogP contribution in [0.15, 0.2) is 41.4 Å². The maximum absolute atomic E-state index is 12.2. The van der Waals surface area contributed by atoms with E-state index in [9.17, 15) is 8.42 Å². The Balaban J connectivity index is 2.33. The summed E-state index contributed by atoms with van der Waals surface area (Å²) in [5.41, 5.74) is 1.61. The molecule has 100 valence electrons. The van der Waals surface area contributed by atoms with Gasteiger partial charge in [-0.15, -0.1) is 0 Å². The molecule has 2 rings (SSSR count). The van der Waals surface area contributed by atoms with E-state index >= 15 is 0 Å². The number of anilines is 1. The van der Waals surface area contributed by atoms with Crippen LogP contribution < -0.4 is 4.72 Å². The van der Waals surface area contributed by atoms with Crippen molar-refractivity contribution in [1.29, 1.82) is 0 Å². The van der Waals surface area contributed by atoms with E-state index < -0.39 is 10.0 Å². The Morgan fingerprint density at radius 3 is 2.63 bits per heavy atom. The Hall–Kier alpha value is -0.860. The average molecular weight is 409 g/mol. The molecule has 1 N–H and O–H groups in total. The summed E-state index contributed by atoms with van der Waals surface area (Å²) in [6.07, 6.45) is 1.36. The summed E-state index contributed by atoms with van der Waals surface area (Å²) >= 11 is 7.85. The molecule has 0 aliphatic heterocycles. The standard InChI is InChI=1S/C12H10ClIN2O2S/c1-8-2-3-9(6-11(8)14)16-19(17,18)10-4-5-15-12(13)7-10/h2-7,16H,1H3. The van der Waals surface area contributed by atoms with E-state index in [-0.39, 0.29) is 10.0 Å². The Morgan fingerprint density at radius 2 is 2.00 bits per heavy atom. The van der Waals surface area contributed by atoms with Gasteiger partial charge in [-0.25, -0.2) is 13.4 Å². The van der Waals surface area contributed by atoms with E-state index in [4.69, 9.17) is 11.6 Å². The van der Waals surface area contributed by atoms with Gasteiger partial charge in [0.05, 0.1) is 4.90 Å². The molecule has 7 heteroatoms. The van der Waals surface area contributed by atoms with Gasteiger partial charge in [-0.05, 0) is 59.3 Å². The van der Waals surface area contributed by atoms with Gasteiger partial charge in [0.25, 0.3) is 10.0 Å². The maximum Gasteiger partial charge on any atom is 0.262 e. The van der Waals surface area contributed by atoms with Gasteiger partial charge in [-0.2, -0.15) is 0 Å². The molecule has 19 heavy (non-hydrogen) atoms.